The second kappa shape index (κ2) is 7.96. The third-order valence-corrected chi connectivity index (χ3v) is 0.730. The van der Waals surface area contributed by atoms with Crippen molar-refractivity contribution >= 4 is 11.9 Å². The smallest absolute Gasteiger partial charge is 0.414 e. The van der Waals surface area contributed by atoms with Crippen molar-refractivity contribution in [3.05, 3.63) is 0 Å². The highest BCUT2D eigenvalue weighted by Crippen LogP contribution is 1.88. The number of carboxylic acids is 2. The van der Waals surface area contributed by atoms with Gasteiger partial charge in [0.1, 0.15) is 0 Å². The SMILES string of the molecule is CCCC(O)O.O=C(O)C(=O)O. The maximum Gasteiger partial charge on any atom is 0.414 e. The first-order chi connectivity index (χ1) is 5.41. The number of aliphatic hydroxyl groups is 2. The zero-order valence-electron chi connectivity index (χ0n) is 6.60. The van der Waals surface area contributed by atoms with Crippen LogP contribution < -0.4 is 0 Å². The molecule has 0 atom stereocenters. The lowest BCUT2D eigenvalue weighted by Gasteiger charge is -1.94. The van der Waals surface area contributed by atoms with E-state index in [0.29, 0.717) is 6.42 Å². The standard InChI is InChI=1S/C4H10O2.C2H2O4/c1-2-3-4(5)6;3-1(4)2(5)6/h4-6H,2-3H2,1H3;(H,3,4)(H,5,6). The Morgan fingerprint density at radius 3 is 1.50 bits per heavy atom. The molecule has 0 aromatic rings. The van der Waals surface area contributed by atoms with Crippen molar-refractivity contribution < 1.29 is 30.0 Å². The Bertz CT molecular complexity index is 129. The fraction of sp³-hybridized carbons (Fsp3) is 0.667. The Hall–Kier alpha value is -1.14. The summed E-state index contributed by atoms with van der Waals surface area (Å²) in [6.07, 6.45) is 0.215. The van der Waals surface area contributed by atoms with Crippen LogP contribution in [0.15, 0.2) is 0 Å². The average molecular weight is 180 g/mol. The maximum atomic E-state index is 9.10. The molecule has 0 aliphatic rings. The lowest BCUT2D eigenvalue weighted by molar-refractivity contribution is -0.159. The van der Waals surface area contributed by atoms with Gasteiger partial charge in [-0.2, -0.15) is 0 Å². The number of carbonyl (C=O) groups is 2. The molecule has 72 valence electrons. The normalized spacial score (nSPS) is 8.67. The predicted molar refractivity (Wildman–Crippen MR) is 38.4 cm³/mol. The van der Waals surface area contributed by atoms with Crippen molar-refractivity contribution in [1.29, 1.82) is 0 Å². The van der Waals surface area contributed by atoms with E-state index in [1.54, 1.807) is 0 Å². The van der Waals surface area contributed by atoms with E-state index >= 15 is 0 Å². The van der Waals surface area contributed by atoms with Gasteiger partial charge in [-0.1, -0.05) is 13.3 Å². The molecule has 12 heavy (non-hydrogen) atoms. The molecular weight excluding hydrogens is 168 g/mol. The maximum absolute atomic E-state index is 9.10. The Morgan fingerprint density at radius 1 is 1.17 bits per heavy atom. The molecule has 0 rings (SSSR count). The monoisotopic (exact) mass is 180 g/mol. The van der Waals surface area contributed by atoms with Crippen molar-refractivity contribution in [1.82, 2.24) is 0 Å². The Labute approximate surface area is 69.1 Å². The minimum atomic E-state index is -1.82. The van der Waals surface area contributed by atoms with Crippen molar-refractivity contribution in [2.24, 2.45) is 0 Å². The van der Waals surface area contributed by atoms with Gasteiger partial charge in [0.25, 0.3) is 0 Å². The van der Waals surface area contributed by atoms with Gasteiger partial charge < -0.3 is 20.4 Å². The first-order valence-electron chi connectivity index (χ1n) is 3.24. The summed E-state index contributed by atoms with van der Waals surface area (Å²) in [6.45, 7) is 1.90. The fourth-order valence-electron chi connectivity index (χ4n) is 0.258. The van der Waals surface area contributed by atoms with Gasteiger partial charge in [0, 0.05) is 0 Å². The number of hydrogen-bond acceptors (Lipinski definition) is 4. The Balaban J connectivity index is 0. The number of aliphatic hydroxyl groups excluding tert-OH is 1. The van der Waals surface area contributed by atoms with Crippen molar-refractivity contribution in [2.75, 3.05) is 0 Å². The quantitative estimate of drug-likeness (QED) is 0.328. The lowest BCUT2D eigenvalue weighted by atomic mass is 10.3. The van der Waals surface area contributed by atoms with Crippen LogP contribution in [0.5, 0.6) is 0 Å². The van der Waals surface area contributed by atoms with E-state index in [9.17, 15) is 0 Å². The van der Waals surface area contributed by atoms with Gasteiger partial charge in [0.15, 0.2) is 6.29 Å². The molecule has 0 heterocycles. The fourth-order valence-corrected chi connectivity index (χ4v) is 0.258. The minimum Gasteiger partial charge on any atom is -0.473 e. The van der Waals surface area contributed by atoms with E-state index in [-0.39, 0.29) is 0 Å². The van der Waals surface area contributed by atoms with E-state index in [1.807, 2.05) is 6.92 Å². The zero-order valence-corrected chi connectivity index (χ0v) is 6.60. The van der Waals surface area contributed by atoms with Gasteiger partial charge in [0.2, 0.25) is 0 Å². The van der Waals surface area contributed by atoms with E-state index in [4.69, 9.17) is 30.0 Å². The van der Waals surface area contributed by atoms with Crippen LogP contribution >= 0.6 is 0 Å². The van der Waals surface area contributed by atoms with Gasteiger partial charge in [-0.05, 0) is 6.42 Å². The van der Waals surface area contributed by atoms with Crippen LogP contribution in [-0.2, 0) is 9.59 Å². The molecule has 0 aliphatic carbocycles. The molecule has 6 nitrogen and oxygen atoms in total. The van der Waals surface area contributed by atoms with Crippen LogP contribution in [0.25, 0.3) is 0 Å². The molecule has 0 radical (unpaired) electrons. The van der Waals surface area contributed by atoms with Gasteiger partial charge in [0.05, 0.1) is 0 Å². The van der Waals surface area contributed by atoms with Crippen molar-refractivity contribution in [3.8, 4) is 0 Å². The minimum absolute atomic E-state index is 0.486. The highest BCUT2D eigenvalue weighted by Gasteiger charge is 2.04. The van der Waals surface area contributed by atoms with E-state index in [1.165, 1.54) is 0 Å². The van der Waals surface area contributed by atoms with Crippen LogP contribution in [0, 0.1) is 0 Å². The molecule has 0 spiro atoms. The van der Waals surface area contributed by atoms with Crippen LogP contribution in [0.1, 0.15) is 19.8 Å². The third-order valence-electron chi connectivity index (χ3n) is 0.730. The second-order valence-electron chi connectivity index (χ2n) is 1.88. The van der Waals surface area contributed by atoms with Gasteiger partial charge >= 0.3 is 11.9 Å². The first-order valence-corrected chi connectivity index (χ1v) is 3.24. The van der Waals surface area contributed by atoms with Crippen molar-refractivity contribution in [3.63, 3.8) is 0 Å². The zero-order chi connectivity index (χ0) is 10.1. The van der Waals surface area contributed by atoms with Crippen LogP contribution in [0.3, 0.4) is 0 Å². The lowest BCUT2D eigenvalue weighted by Crippen LogP contribution is -2.09. The summed E-state index contributed by atoms with van der Waals surface area (Å²) in [6, 6.07) is 0. The second-order valence-corrected chi connectivity index (χ2v) is 1.88. The molecule has 0 saturated heterocycles. The molecule has 0 aromatic carbocycles. The van der Waals surface area contributed by atoms with Gasteiger partial charge in [-0.25, -0.2) is 9.59 Å². The molecular formula is C6H12O6. The van der Waals surface area contributed by atoms with Gasteiger partial charge in [-0.15, -0.1) is 0 Å². The number of rotatable bonds is 2. The largest absolute Gasteiger partial charge is 0.473 e. The summed E-state index contributed by atoms with van der Waals surface area (Å²) in [7, 11) is 0. The molecule has 6 heteroatoms. The molecule has 0 aliphatic heterocycles. The van der Waals surface area contributed by atoms with E-state index in [2.05, 4.69) is 0 Å². The summed E-state index contributed by atoms with van der Waals surface area (Å²) in [4.78, 5) is 18.2. The Morgan fingerprint density at radius 2 is 1.50 bits per heavy atom. The third kappa shape index (κ3) is 15.9. The highest BCUT2D eigenvalue weighted by molar-refractivity contribution is 6.27. The topological polar surface area (TPSA) is 115 Å². The number of aliphatic carboxylic acids is 2. The van der Waals surface area contributed by atoms with Crippen LogP contribution in [-0.4, -0.2) is 38.7 Å². The molecule has 0 unspecified atom stereocenters. The van der Waals surface area contributed by atoms with E-state index in [0.717, 1.165) is 6.42 Å². The summed E-state index contributed by atoms with van der Waals surface area (Å²) < 4.78 is 0. The number of carboxylic acid groups (broad SMARTS) is 2. The summed E-state index contributed by atoms with van der Waals surface area (Å²) in [5, 5.41) is 31.0. The summed E-state index contributed by atoms with van der Waals surface area (Å²) in [5.41, 5.74) is 0. The molecule has 4 N–H and O–H groups in total. The molecule has 0 bridgehead atoms. The van der Waals surface area contributed by atoms with Crippen LogP contribution in [0.4, 0.5) is 0 Å². The van der Waals surface area contributed by atoms with Gasteiger partial charge in [-0.3, -0.25) is 0 Å². The predicted octanol–water partition coefficient (Wildman–Crippen LogP) is -0.747. The van der Waals surface area contributed by atoms with E-state index < -0.39 is 18.2 Å². The Kier molecular flexibility index (Phi) is 8.92. The summed E-state index contributed by atoms with van der Waals surface area (Å²) >= 11 is 0. The average Bonchev–Trinajstić information content (AvgIpc) is 1.87. The molecule has 0 fully saturated rings. The van der Waals surface area contributed by atoms with Crippen LogP contribution in [0.2, 0.25) is 0 Å². The summed E-state index contributed by atoms with van der Waals surface area (Å²) in [5.74, 6) is -3.65. The van der Waals surface area contributed by atoms with Crippen molar-refractivity contribution in [2.45, 2.75) is 26.1 Å². The molecule has 0 aromatic heterocycles. The highest BCUT2D eigenvalue weighted by atomic mass is 16.5. The molecule has 0 amide bonds. The number of hydrogen-bond donors (Lipinski definition) is 4. The molecule has 0 saturated carbocycles. The first kappa shape index (κ1) is 13.4.